The topological polar surface area (TPSA) is 43.4 Å². The van der Waals surface area contributed by atoms with Crippen molar-refractivity contribution < 1.29 is 27.5 Å². The number of esters is 1. The zero-order valence-electron chi connectivity index (χ0n) is 8.66. The highest BCUT2D eigenvalue weighted by Gasteiger charge is 2.48. The Balaban J connectivity index is 2.58. The molecule has 0 heterocycles. The number of hydrogen-bond donors (Lipinski definition) is 0. The van der Waals surface area contributed by atoms with Gasteiger partial charge < -0.3 is 4.74 Å². The largest absolute Gasteiger partial charge is 0.456 e. The van der Waals surface area contributed by atoms with Crippen LogP contribution < -0.4 is 0 Å². The normalized spacial score (nSPS) is 11.0. The van der Waals surface area contributed by atoms with Crippen LogP contribution in [0.25, 0.3) is 0 Å². The minimum Gasteiger partial charge on any atom is -0.456 e. The third kappa shape index (κ3) is 3.30. The Morgan fingerprint density at radius 1 is 1.18 bits per heavy atom. The number of hydrogen-bond acceptors (Lipinski definition) is 3. The van der Waals surface area contributed by atoms with E-state index in [1.807, 2.05) is 0 Å². The van der Waals surface area contributed by atoms with Crippen LogP contribution in [-0.2, 0) is 20.9 Å². The number of ketones is 1. The molecule has 3 nitrogen and oxygen atoms in total. The molecule has 0 atom stereocenters. The van der Waals surface area contributed by atoms with Crippen LogP contribution in [-0.4, -0.2) is 24.3 Å². The molecule has 0 spiro atoms. The second kappa shape index (κ2) is 5.47. The molecule has 0 amide bonds. The molecule has 6 heteroatoms. The van der Waals surface area contributed by atoms with Crippen molar-refractivity contribution >= 4 is 11.8 Å². The molecule has 0 aliphatic rings. The van der Waals surface area contributed by atoms with Crippen molar-refractivity contribution in [2.24, 2.45) is 0 Å². The van der Waals surface area contributed by atoms with E-state index in [9.17, 15) is 22.8 Å². The van der Waals surface area contributed by atoms with E-state index in [-0.39, 0.29) is 0 Å². The van der Waals surface area contributed by atoms with E-state index in [0.29, 0.717) is 5.56 Å². The zero-order chi connectivity index (χ0) is 12.9. The van der Waals surface area contributed by atoms with E-state index in [1.54, 1.807) is 30.3 Å². The van der Waals surface area contributed by atoms with E-state index in [4.69, 9.17) is 0 Å². The maximum absolute atomic E-state index is 12.8. The molecule has 0 N–H and O–H groups in total. The molecular weight excluding hydrogens is 237 g/mol. The van der Waals surface area contributed by atoms with Crippen molar-refractivity contribution in [3.63, 3.8) is 0 Å². The second-order valence-corrected chi connectivity index (χ2v) is 3.19. The molecule has 1 rings (SSSR count). The highest BCUT2D eigenvalue weighted by Crippen LogP contribution is 2.18. The third-order valence-electron chi connectivity index (χ3n) is 1.94. The van der Waals surface area contributed by atoms with Crippen LogP contribution >= 0.6 is 0 Å². The summed E-state index contributed by atoms with van der Waals surface area (Å²) < 4.78 is 41.7. The first kappa shape index (κ1) is 13.2. The monoisotopic (exact) mass is 246 g/mol. The molecule has 0 aliphatic heterocycles. The summed E-state index contributed by atoms with van der Waals surface area (Å²) in [6.07, 6.45) is 0. The number of alkyl halides is 3. The molecule has 0 radical (unpaired) electrons. The van der Waals surface area contributed by atoms with Gasteiger partial charge in [0, 0.05) is 0 Å². The molecule has 0 aromatic heterocycles. The summed E-state index contributed by atoms with van der Waals surface area (Å²) in [6.45, 7) is -2.30. The first-order valence-electron chi connectivity index (χ1n) is 4.66. The standard InChI is InChI=1S/C11H9F3O3/c12-6-9(15)11(13,14)10(16)17-7-8-4-2-1-3-5-8/h1-5H,6-7H2. The van der Waals surface area contributed by atoms with Gasteiger partial charge in [0.25, 0.3) is 0 Å². The van der Waals surface area contributed by atoms with Crippen LogP contribution in [0.3, 0.4) is 0 Å². The van der Waals surface area contributed by atoms with Gasteiger partial charge in [-0.1, -0.05) is 30.3 Å². The molecule has 1 aromatic carbocycles. The van der Waals surface area contributed by atoms with Crippen molar-refractivity contribution in [3.05, 3.63) is 35.9 Å². The fourth-order valence-electron chi connectivity index (χ4n) is 1.01. The summed E-state index contributed by atoms with van der Waals surface area (Å²) in [6, 6.07) is 8.08. The number of halogens is 3. The lowest BCUT2D eigenvalue weighted by Gasteiger charge is -2.12. The van der Waals surface area contributed by atoms with Gasteiger partial charge in [-0.15, -0.1) is 0 Å². The van der Waals surface area contributed by atoms with Crippen LogP contribution in [0.4, 0.5) is 13.2 Å². The van der Waals surface area contributed by atoms with E-state index in [1.165, 1.54) is 0 Å². The van der Waals surface area contributed by atoms with Crippen LogP contribution in [0.2, 0.25) is 0 Å². The fourth-order valence-corrected chi connectivity index (χ4v) is 1.01. The number of benzene rings is 1. The van der Waals surface area contributed by atoms with Gasteiger partial charge in [0.2, 0.25) is 5.78 Å². The first-order valence-corrected chi connectivity index (χ1v) is 4.66. The number of Topliss-reactive ketones (excluding diaryl/α,β-unsaturated/α-hetero) is 1. The summed E-state index contributed by atoms with van der Waals surface area (Å²) in [5.41, 5.74) is 0.490. The Morgan fingerprint density at radius 3 is 2.29 bits per heavy atom. The number of ether oxygens (including phenoxy) is 1. The average Bonchev–Trinajstić information content (AvgIpc) is 2.35. The molecule has 0 saturated heterocycles. The van der Waals surface area contributed by atoms with Gasteiger partial charge in [-0.3, -0.25) is 4.79 Å². The number of rotatable bonds is 5. The minimum absolute atomic E-state index is 0.394. The Bertz CT molecular complexity index is 404. The molecule has 0 saturated carbocycles. The van der Waals surface area contributed by atoms with Gasteiger partial charge in [0.05, 0.1) is 0 Å². The summed E-state index contributed by atoms with van der Waals surface area (Å²) in [7, 11) is 0. The summed E-state index contributed by atoms with van der Waals surface area (Å²) in [5, 5.41) is 0. The highest BCUT2D eigenvalue weighted by atomic mass is 19.3. The van der Waals surface area contributed by atoms with E-state index < -0.39 is 31.0 Å². The Morgan fingerprint density at radius 2 is 1.76 bits per heavy atom. The van der Waals surface area contributed by atoms with Crippen molar-refractivity contribution in [2.45, 2.75) is 12.5 Å². The molecule has 0 unspecified atom stereocenters. The molecule has 1 aromatic rings. The summed E-state index contributed by atoms with van der Waals surface area (Å²) in [5.74, 6) is -8.57. The smallest absolute Gasteiger partial charge is 0.402 e. The average molecular weight is 246 g/mol. The van der Waals surface area contributed by atoms with Crippen molar-refractivity contribution in [1.82, 2.24) is 0 Å². The predicted molar refractivity (Wildman–Crippen MR) is 52.2 cm³/mol. The van der Waals surface area contributed by atoms with Gasteiger partial charge in [-0.25, -0.2) is 9.18 Å². The molecule has 0 fully saturated rings. The van der Waals surface area contributed by atoms with Crippen LogP contribution in [0.1, 0.15) is 5.56 Å². The molecule has 0 aliphatic carbocycles. The van der Waals surface area contributed by atoms with Crippen LogP contribution in [0.5, 0.6) is 0 Å². The molecular formula is C11H9F3O3. The van der Waals surface area contributed by atoms with Crippen LogP contribution in [0.15, 0.2) is 30.3 Å². The van der Waals surface area contributed by atoms with Crippen LogP contribution in [0, 0.1) is 0 Å². The van der Waals surface area contributed by atoms with Gasteiger partial charge in [-0.05, 0) is 5.56 Å². The van der Waals surface area contributed by atoms with Crippen molar-refractivity contribution in [3.8, 4) is 0 Å². The first-order chi connectivity index (χ1) is 7.98. The number of carbonyl (C=O) groups excluding carboxylic acids is 2. The minimum atomic E-state index is -4.43. The second-order valence-electron chi connectivity index (χ2n) is 3.19. The van der Waals surface area contributed by atoms with Gasteiger partial charge in [-0.2, -0.15) is 8.78 Å². The van der Waals surface area contributed by atoms with E-state index >= 15 is 0 Å². The predicted octanol–water partition coefficient (Wildman–Crippen LogP) is 1.90. The van der Waals surface area contributed by atoms with Gasteiger partial charge in [0.15, 0.2) is 6.67 Å². The highest BCUT2D eigenvalue weighted by molar-refractivity contribution is 6.05. The van der Waals surface area contributed by atoms with Gasteiger partial charge in [0.1, 0.15) is 6.61 Å². The SMILES string of the molecule is O=C(CF)C(F)(F)C(=O)OCc1ccccc1. The molecule has 92 valence electrons. The van der Waals surface area contributed by atoms with E-state index in [0.717, 1.165) is 0 Å². The third-order valence-corrected chi connectivity index (χ3v) is 1.94. The summed E-state index contributed by atoms with van der Waals surface area (Å²) in [4.78, 5) is 21.3. The lowest BCUT2D eigenvalue weighted by atomic mass is 10.2. The molecule has 0 bridgehead atoms. The quantitative estimate of drug-likeness (QED) is 0.588. The maximum Gasteiger partial charge on any atom is 0.402 e. The summed E-state index contributed by atoms with van der Waals surface area (Å²) >= 11 is 0. The Labute approximate surface area is 95.2 Å². The number of carbonyl (C=O) groups is 2. The maximum atomic E-state index is 12.8. The molecule has 17 heavy (non-hydrogen) atoms. The lowest BCUT2D eigenvalue weighted by molar-refractivity contribution is -0.178. The van der Waals surface area contributed by atoms with Crippen molar-refractivity contribution in [1.29, 1.82) is 0 Å². The lowest BCUT2D eigenvalue weighted by Crippen LogP contribution is -2.40. The van der Waals surface area contributed by atoms with Gasteiger partial charge >= 0.3 is 11.9 Å². The fraction of sp³-hybridized carbons (Fsp3) is 0.273. The zero-order valence-corrected chi connectivity index (χ0v) is 8.66. The van der Waals surface area contributed by atoms with E-state index in [2.05, 4.69) is 4.74 Å². The Hall–Kier alpha value is -1.85. The Kier molecular flexibility index (Phi) is 4.25. The van der Waals surface area contributed by atoms with Crippen molar-refractivity contribution in [2.75, 3.05) is 6.67 Å².